The zero-order chi connectivity index (χ0) is 10.4. The number of anilines is 1. The van der Waals surface area contributed by atoms with Gasteiger partial charge < -0.3 is 11.1 Å². The molecule has 0 atom stereocenters. The fourth-order valence-electron chi connectivity index (χ4n) is 1.05. The predicted molar refractivity (Wildman–Crippen MR) is 68.6 cm³/mol. The number of thioether (sulfide) groups is 1. The average molecular weight is 247 g/mol. The van der Waals surface area contributed by atoms with Crippen molar-refractivity contribution >= 4 is 35.8 Å². The number of carbonyl (C=O) groups excluding carboxylic acids is 1. The summed E-state index contributed by atoms with van der Waals surface area (Å²) in [6.07, 6.45) is 1.90. The summed E-state index contributed by atoms with van der Waals surface area (Å²) >= 11 is 1.50. The van der Waals surface area contributed by atoms with E-state index >= 15 is 0 Å². The number of benzene rings is 1. The van der Waals surface area contributed by atoms with Crippen molar-refractivity contribution in [1.82, 2.24) is 0 Å². The quantitative estimate of drug-likeness (QED) is 0.853. The van der Waals surface area contributed by atoms with Gasteiger partial charge in [-0.05, 0) is 24.0 Å². The molecule has 0 saturated heterocycles. The highest BCUT2D eigenvalue weighted by molar-refractivity contribution is 7.99. The monoisotopic (exact) mass is 246 g/mol. The molecule has 84 valence electrons. The molecule has 0 unspecified atom stereocenters. The van der Waals surface area contributed by atoms with Crippen LogP contribution in [0.1, 0.15) is 5.56 Å². The fraction of sp³-hybridized carbons (Fsp3) is 0.300. The highest BCUT2D eigenvalue weighted by atomic mass is 35.5. The Morgan fingerprint density at radius 2 is 2.00 bits per heavy atom. The second kappa shape index (κ2) is 7.56. The van der Waals surface area contributed by atoms with Crippen molar-refractivity contribution in [3.05, 3.63) is 29.8 Å². The first-order chi connectivity index (χ1) is 6.76. The van der Waals surface area contributed by atoms with Gasteiger partial charge in [0.1, 0.15) is 0 Å². The van der Waals surface area contributed by atoms with Crippen LogP contribution in [0.4, 0.5) is 5.69 Å². The first kappa shape index (κ1) is 14.3. The number of hydrogen-bond donors (Lipinski definition) is 2. The molecule has 0 aliphatic heterocycles. The number of hydrogen-bond acceptors (Lipinski definition) is 3. The maximum atomic E-state index is 11.2. The van der Waals surface area contributed by atoms with Gasteiger partial charge >= 0.3 is 0 Å². The summed E-state index contributed by atoms with van der Waals surface area (Å²) in [4.78, 5) is 11.2. The fourth-order valence-corrected chi connectivity index (χ4v) is 1.39. The van der Waals surface area contributed by atoms with E-state index < -0.39 is 0 Å². The molecule has 0 aromatic heterocycles. The van der Waals surface area contributed by atoms with Crippen LogP contribution in [0.25, 0.3) is 0 Å². The van der Waals surface area contributed by atoms with Gasteiger partial charge in [-0.25, -0.2) is 0 Å². The van der Waals surface area contributed by atoms with Crippen molar-refractivity contribution in [2.24, 2.45) is 5.73 Å². The van der Waals surface area contributed by atoms with Crippen molar-refractivity contribution < 1.29 is 4.79 Å². The van der Waals surface area contributed by atoms with Crippen LogP contribution in [0.5, 0.6) is 0 Å². The van der Waals surface area contributed by atoms with Gasteiger partial charge in [-0.1, -0.05) is 12.1 Å². The van der Waals surface area contributed by atoms with E-state index in [1.807, 2.05) is 30.5 Å². The van der Waals surface area contributed by atoms with E-state index in [-0.39, 0.29) is 18.3 Å². The van der Waals surface area contributed by atoms with Crippen LogP contribution in [0.2, 0.25) is 0 Å². The lowest BCUT2D eigenvalue weighted by molar-refractivity contribution is -0.113. The molecular formula is C10H15ClN2OS. The molecule has 1 aromatic rings. The molecule has 0 fully saturated rings. The van der Waals surface area contributed by atoms with Crippen molar-refractivity contribution in [1.29, 1.82) is 0 Å². The minimum atomic E-state index is 0. The number of nitrogens with one attached hydrogen (secondary N) is 1. The van der Waals surface area contributed by atoms with Crippen LogP contribution in [0.15, 0.2) is 24.3 Å². The number of rotatable bonds is 4. The highest BCUT2D eigenvalue weighted by Crippen LogP contribution is 2.09. The summed E-state index contributed by atoms with van der Waals surface area (Å²) in [6.45, 7) is 0.527. The Kier molecular flexibility index (Phi) is 7.21. The number of halogens is 1. The molecule has 0 saturated carbocycles. The first-order valence-corrected chi connectivity index (χ1v) is 5.73. The third-order valence-corrected chi connectivity index (χ3v) is 2.30. The van der Waals surface area contributed by atoms with Crippen molar-refractivity contribution in [2.75, 3.05) is 17.3 Å². The number of carbonyl (C=O) groups is 1. The largest absolute Gasteiger partial charge is 0.326 e. The van der Waals surface area contributed by atoms with E-state index in [1.165, 1.54) is 11.8 Å². The van der Waals surface area contributed by atoms with Crippen LogP contribution in [-0.2, 0) is 11.3 Å². The normalized spacial score (nSPS) is 9.20. The van der Waals surface area contributed by atoms with E-state index in [9.17, 15) is 4.79 Å². The van der Waals surface area contributed by atoms with Crippen LogP contribution < -0.4 is 11.1 Å². The molecule has 0 aliphatic rings. The Labute approximate surface area is 100 Å². The van der Waals surface area contributed by atoms with E-state index in [2.05, 4.69) is 5.32 Å². The van der Waals surface area contributed by atoms with Gasteiger partial charge in [0.05, 0.1) is 5.75 Å². The van der Waals surface area contributed by atoms with Gasteiger partial charge in [0.15, 0.2) is 0 Å². The minimum Gasteiger partial charge on any atom is -0.326 e. The molecule has 3 nitrogen and oxygen atoms in total. The Morgan fingerprint density at radius 1 is 1.40 bits per heavy atom. The van der Waals surface area contributed by atoms with Gasteiger partial charge in [0.2, 0.25) is 5.91 Å². The Morgan fingerprint density at radius 3 is 2.47 bits per heavy atom. The summed E-state index contributed by atoms with van der Waals surface area (Å²) in [6, 6.07) is 7.55. The minimum absolute atomic E-state index is 0. The Hall–Kier alpha value is -0.710. The lowest BCUT2D eigenvalue weighted by Gasteiger charge is -2.04. The Balaban J connectivity index is 0.00000196. The van der Waals surface area contributed by atoms with Gasteiger partial charge in [-0.15, -0.1) is 12.4 Å². The van der Waals surface area contributed by atoms with Crippen molar-refractivity contribution in [3.63, 3.8) is 0 Å². The van der Waals surface area contributed by atoms with Gasteiger partial charge in [-0.3, -0.25) is 4.79 Å². The van der Waals surface area contributed by atoms with Crippen LogP contribution in [-0.4, -0.2) is 17.9 Å². The van der Waals surface area contributed by atoms with Gasteiger partial charge in [0, 0.05) is 12.2 Å². The molecule has 1 rings (SSSR count). The average Bonchev–Trinajstić information content (AvgIpc) is 2.19. The van der Waals surface area contributed by atoms with E-state index in [0.29, 0.717) is 12.3 Å². The van der Waals surface area contributed by atoms with E-state index in [0.717, 1.165) is 11.3 Å². The van der Waals surface area contributed by atoms with Gasteiger partial charge in [0.25, 0.3) is 0 Å². The molecule has 0 bridgehead atoms. The maximum absolute atomic E-state index is 11.2. The van der Waals surface area contributed by atoms with Crippen molar-refractivity contribution in [3.8, 4) is 0 Å². The van der Waals surface area contributed by atoms with Crippen molar-refractivity contribution in [2.45, 2.75) is 6.54 Å². The first-order valence-electron chi connectivity index (χ1n) is 4.34. The summed E-state index contributed by atoms with van der Waals surface area (Å²) < 4.78 is 0. The third-order valence-electron chi connectivity index (χ3n) is 1.75. The molecule has 1 amide bonds. The standard InChI is InChI=1S/C10H14N2OS.ClH/c1-14-7-10(13)12-9-4-2-8(6-11)3-5-9;/h2-5H,6-7,11H2,1H3,(H,12,13);1H. The summed E-state index contributed by atoms with van der Waals surface area (Å²) in [5, 5.41) is 2.79. The smallest absolute Gasteiger partial charge is 0.234 e. The molecule has 5 heteroatoms. The SMILES string of the molecule is CSCC(=O)Nc1ccc(CN)cc1.Cl. The van der Waals surface area contributed by atoms with Crippen LogP contribution in [0, 0.1) is 0 Å². The van der Waals surface area contributed by atoms with E-state index in [1.54, 1.807) is 0 Å². The summed E-state index contributed by atoms with van der Waals surface area (Å²) in [5.74, 6) is 0.511. The molecule has 0 radical (unpaired) electrons. The summed E-state index contributed by atoms with van der Waals surface area (Å²) in [5.41, 5.74) is 7.34. The molecule has 0 spiro atoms. The van der Waals surface area contributed by atoms with E-state index in [4.69, 9.17) is 5.73 Å². The predicted octanol–water partition coefficient (Wildman–Crippen LogP) is 1.87. The van der Waals surface area contributed by atoms with Crippen LogP contribution >= 0.6 is 24.2 Å². The maximum Gasteiger partial charge on any atom is 0.234 e. The van der Waals surface area contributed by atoms with Gasteiger partial charge in [-0.2, -0.15) is 11.8 Å². The topological polar surface area (TPSA) is 55.1 Å². The second-order valence-corrected chi connectivity index (χ2v) is 3.75. The zero-order valence-electron chi connectivity index (χ0n) is 8.53. The Bertz CT molecular complexity index is 303. The number of amides is 1. The highest BCUT2D eigenvalue weighted by Gasteiger charge is 1.99. The zero-order valence-corrected chi connectivity index (χ0v) is 10.2. The lowest BCUT2D eigenvalue weighted by Crippen LogP contribution is -2.13. The number of nitrogens with two attached hydrogens (primary N) is 1. The lowest BCUT2D eigenvalue weighted by atomic mass is 10.2. The molecular weight excluding hydrogens is 232 g/mol. The summed E-state index contributed by atoms with van der Waals surface area (Å²) in [7, 11) is 0. The second-order valence-electron chi connectivity index (χ2n) is 2.88. The molecule has 0 aliphatic carbocycles. The van der Waals surface area contributed by atoms with Crippen LogP contribution in [0.3, 0.4) is 0 Å². The molecule has 3 N–H and O–H groups in total. The molecule has 15 heavy (non-hydrogen) atoms. The molecule has 0 heterocycles. The third kappa shape index (κ3) is 5.06. The molecule has 1 aromatic carbocycles.